The van der Waals surface area contributed by atoms with E-state index in [1.54, 1.807) is 7.11 Å². The lowest BCUT2D eigenvalue weighted by atomic mass is 9.99. The number of hydrogen-bond donors (Lipinski definition) is 1. The van der Waals surface area contributed by atoms with Gasteiger partial charge in [-0.2, -0.15) is 0 Å². The Morgan fingerprint density at radius 3 is 2.73 bits per heavy atom. The van der Waals surface area contributed by atoms with Crippen LogP contribution in [0.25, 0.3) is 10.9 Å². The topological polar surface area (TPSA) is 71.5 Å². The molecule has 1 aromatic heterocycles. The highest BCUT2D eigenvalue weighted by Crippen LogP contribution is 2.30. The molecule has 1 unspecified atom stereocenters. The number of nitrogens with one attached hydrogen (secondary N) is 1. The number of nitrogens with zero attached hydrogens (tertiary/aromatic N) is 2. The Bertz CT molecular complexity index is 1170. The number of amides is 2. The van der Waals surface area contributed by atoms with Crippen LogP contribution in [0.2, 0.25) is 0 Å². The average molecular weight is 446 g/mol. The van der Waals surface area contributed by atoms with Crippen LogP contribution in [0.5, 0.6) is 0 Å². The molecule has 172 valence electrons. The summed E-state index contributed by atoms with van der Waals surface area (Å²) in [6.07, 6.45) is 1.25. The summed E-state index contributed by atoms with van der Waals surface area (Å²) < 4.78 is 5.05. The van der Waals surface area contributed by atoms with Crippen molar-refractivity contribution in [3.05, 3.63) is 76.5 Å². The number of carbonyl (C=O) groups is 2. The maximum atomic E-state index is 13.0. The summed E-state index contributed by atoms with van der Waals surface area (Å²) in [4.78, 5) is 32.6. The van der Waals surface area contributed by atoms with E-state index in [4.69, 9.17) is 9.72 Å². The lowest BCUT2D eigenvalue weighted by molar-refractivity contribution is -0.129. The van der Waals surface area contributed by atoms with Crippen LogP contribution in [0, 0.1) is 13.8 Å². The Hall–Kier alpha value is -3.25. The van der Waals surface area contributed by atoms with Gasteiger partial charge in [-0.3, -0.25) is 14.6 Å². The SMILES string of the molecule is COCCNC(=O)c1cc(C2CCN(C(=O)Cc3ccc(C)c(C)c3)C2)nc2ccccc12. The van der Waals surface area contributed by atoms with Crippen LogP contribution in [-0.4, -0.2) is 55.0 Å². The van der Waals surface area contributed by atoms with E-state index in [-0.39, 0.29) is 17.7 Å². The fourth-order valence-corrected chi connectivity index (χ4v) is 4.38. The molecule has 0 aliphatic carbocycles. The molecule has 1 aliphatic heterocycles. The molecule has 1 atom stereocenters. The van der Waals surface area contributed by atoms with E-state index in [2.05, 4.69) is 31.3 Å². The number of hydrogen-bond acceptors (Lipinski definition) is 4. The molecule has 2 heterocycles. The predicted octanol–water partition coefficient (Wildman–Crippen LogP) is 3.79. The number of methoxy groups -OCH3 is 1. The molecule has 0 spiro atoms. The number of benzene rings is 2. The van der Waals surface area contributed by atoms with E-state index in [1.165, 1.54) is 11.1 Å². The van der Waals surface area contributed by atoms with Crippen LogP contribution in [0.3, 0.4) is 0 Å². The second kappa shape index (κ2) is 10.1. The van der Waals surface area contributed by atoms with Gasteiger partial charge in [-0.25, -0.2) is 0 Å². The summed E-state index contributed by atoms with van der Waals surface area (Å²) in [5, 5.41) is 3.75. The zero-order valence-electron chi connectivity index (χ0n) is 19.6. The number of rotatable bonds is 7. The molecule has 2 amide bonds. The monoisotopic (exact) mass is 445 g/mol. The van der Waals surface area contributed by atoms with Crippen molar-refractivity contribution >= 4 is 22.7 Å². The van der Waals surface area contributed by atoms with Gasteiger partial charge >= 0.3 is 0 Å². The van der Waals surface area contributed by atoms with Gasteiger partial charge in [0.1, 0.15) is 0 Å². The van der Waals surface area contributed by atoms with Crippen LogP contribution in [0.1, 0.15) is 45.1 Å². The molecule has 1 fully saturated rings. The van der Waals surface area contributed by atoms with Gasteiger partial charge in [-0.05, 0) is 49.1 Å². The Balaban J connectivity index is 1.51. The number of aryl methyl sites for hydroxylation is 2. The standard InChI is InChI=1S/C27H31N3O3/c1-18-8-9-20(14-19(18)2)15-26(31)30-12-10-21(17-30)25-16-23(27(32)28-11-13-33-3)22-6-4-5-7-24(22)29-25/h4-9,14,16,21H,10-13,15,17H2,1-3H3,(H,28,32). The molecule has 1 saturated heterocycles. The van der Waals surface area contributed by atoms with Crippen molar-refractivity contribution in [3.63, 3.8) is 0 Å². The van der Waals surface area contributed by atoms with E-state index in [9.17, 15) is 9.59 Å². The van der Waals surface area contributed by atoms with Gasteiger partial charge in [0.15, 0.2) is 0 Å². The number of fused-ring (bicyclic) bond motifs is 1. The number of carbonyl (C=O) groups excluding carboxylic acids is 2. The van der Waals surface area contributed by atoms with E-state index >= 15 is 0 Å². The second-order valence-corrected chi connectivity index (χ2v) is 8.78. The summed E-state index contributed by atoms with van der Waals surface area (Å²) in [6.45, 7) is 6.39. The van der Waals surface area contributed by atoms with Crippen molar-refractivity contribution in [3.8, 4) is 0 Å². The fourth-order valence-electron chi connectivity index (χ4n) is 4.38. The third-order valence-electron chi connectivity index (χ3n) is 6.46. The molecule has 6 nitrogen and oxygen atoms in total. The fraction of sp³-hybridized carbons (Fsp3) is 0.370. The van der Waals surface area contributed by atoms with Crippen molar-refractivity contribution in [2.75, 3.05) is 33.4 Å². The lowest BCUT2D eigenvalue weighted by Crippen LogP contribution is -2.30. The number of ether oxygens (including phenoxy) is 1. The predicted molar refractivity (Wildman–Crippen MR) is 130 cm³/mol. The third kappa shape index (κ3) is 5.22. The molecule has 4 rings (SSSR count). The van der Waals surface area contributed by atoms with Crippen molar-refractivity contribution in [2.24, 2.45) is 0 Å². The molecule has 3 aromatic rings. The zero-order chi connectivity index (χ0) is 23.4. The van der Waals surface area contributed by atoms with Crippen LogP contribution < -0.4 is 5.32 Å². The first kappa shape index (κ1) is 22.9. The summed E-state index contributed by atoms with van der Waals surface area (Å²) in [5.74, 6) is 0.121. The summed E-state index contributed by atoms with van der Waals surface area (Å²) in [7, 11) is 1.61. The first-order valence-electron chi connectivity index (χ1n) is 11.5. The minimum absolute atomic E-state index is 0.115. The van der Waals surface area contributed by atoms with Crippen molar-refractivity contribution in [1.29, 1.82) is 0 Å². The molecule has 2 aromatic carbocycles. The highest BCUT2D eigenvalue weighted by molar-refractivity contribution is 6.06. The van der Waals surface area contributed by atoms with E-state index in [0.29, 0.717) is 38.2 Å². The van der Waals surface area contributed by atoms with E-state index in [0.717, 1.165) is 28.6 Å². The molecule has 6 heteroatoms. The number of pyridine rings is 1. The van der Waals surface area contributed by atoms with Gasteiger partial charge in [-0.15, -0.1) is 0 Å². The van der Waals surface area contributed by atoms with Crippen molar-refractivity contribution < 1.29 is 14.3 Å². The molecular weight excluding hydrogens is 414 g/mol. The highest BCUT2D eigenvalue weighted by Gasteiger charge is 2.29. The minimum Gasteiger partial charge on any atom is -0.383 e. The summed E-state index contributed by atoms with van der Waals surface area (Å²) in [6, 6.07) is 15.8. The number of para-hydroxylation sites is 1. The van der Waals surface area contributed by atoms with Crippen LogP contribution in [0.15, 0.2) is 48.5 Å². The van der Waals surface area contributed by atoms with Crippen LogP contribution >= 0.6 is 0 Å². The molecular formula is C27H31N3O3. The van der Waals surface area contributed by atoms with Crippen molar-refractivity contribution in [1.82, 2.24) is 15.2 Å². The normalized spacial score (nSPS) is 15.7. The molecule has 1 N–H and O–H groups in total. The highest BCUT2D eigenvalue weighted by atomic mass is 16.5. The van der Waals surface area contributed by atoms with Gasteiger partial charge in [0.05, 0.1) is 24.1 Å². The summed E-state index contributed by atoms with van der Waals surface area (Å²) >= 11 is 0. The van der Waals surface area contributed by atoms with Gasteiger partial charge in [-0.1, -0.05) is 36.4 Å². The maximum Gasteiger partial charge on any atom is 0.252 e. The largest absolute Gasteiger partial charge is 0.383 e. The van der Waals surface area contributed by atoms with Crippen LogP contribution in [-0.2, 0) is 16.0 Å². The Kier molecular flexibility index (Phi) is 7.04. The zero-order valence-corrected chi connectivity index (χ0v) is 19.6. The molecule has 0 saturated carbocycles. The Morgan fingerprint density at radius 2 is 1.94 bits per heavy atom. The van der Waals surface area contributed by atoms with Crippen molar-refractivity contribution in [2.45, 2.75) is 32.6 Å². The van der Waals surface area contributed by atoms with Gasteiger partial charge in [0.2, 0.25) is 5.91 Å². The molecule has 33 heavy (non-hydrogen) atoms. The first-order chi connectivity index (χ1) is 16.0. The van der Waals surface area contributed by atoms with E-state index < -0.39 is 0 Å². The number of aromatic nitrogens is 1. The first-order valence-corrected chi connectivity index (χ1v) is 11.5. The Labute approximate surface area is 195 Å². The Morgan fingerprint density at radius 1 is 1.12 bits per heavy atom. The minimum atomic E-state index is -0.132. The summed E-state index contributed by atoms with van der Waals surface area (Å²) in [5.41, 5.74) is 5.77. The third-order valence-corrected chi connectivity index (χ3v) is 6.46. The van der Waals surface area contributed by atoms with Gasteiger partial charge < -0.3 is 15.0 Å². The van der Waals surface area contributed by atoms with E-state index in [1.807, 2.05) is 41.3 Å². The maximum absolute atomic E-state index is 13.0. The molecule has 0 radical (unpaired) electrons. The number of likely N-dealkylation sites (tertiary alicyclic amines) is 1. The van der Waals surface area contributed by atoms with Gasteiger partial charge in [0, 0.05) is 43.7 Å². The quantitative estimate of drug-likeness (QED) is 0.562. The van der Waals surface area contributed by atoms with Crippen LogP contribution in [0.4, 0.5) is 0 Å². The second-order valence-electron chi connectivity index (χ2n) is 8.78. The molecule has 0 bridgehead atoms. The average Bonchev–Trinajstić information content (AvgIpc) is 3.31. The molecule has 1 aliphatic rings. The lowest BCUT2D eigenvalue weighted by Gasteiger charge is -2.18. The smallest absolute Gasteiger partial charge is 0.252 e. The van der Waals surface area contributed by atoms with Gasteiger partial charge in [0.25, 0.3) is 5.91 Å².